The molecule has 0 aliphatic carbocycles. The van der Waals surface area contributed by atoms with Crippen LogP contribution in [0.25, 0.3) is 0 Å². The molecule has 0 aromatic heterocycles. The van der Waals surface area contributed by atoms with Gasteiger partial charge < -0.3 is 5.73 Å². The van der Waals surface area contributed by atoms with E-state index < -0.39 is 11.8 Å². The number of halogens is 2. The molecule has 0 heterocycles. The topological polar surface area (TPSA) is 58.7 Å². The van der Waals surface area contributed by atoms with Gasteiger partial charge in [-0.05, 0) is 38.0 Å². The lowest BCUT2D eigenvalue weighted by molar-refractivity contribution is -0.127. The molecule has 0 fully saturated rings. The van der Waals surface area contributed by atoms with Crippen molar-refractivity contribution in [1.29, 1.82) is 0 Å². The molecule has 0 saturated heterocycles. The zero-order chi connectivity index (χ0) is 16.5. The number of benzene rings is 1. The van der Waals surface area contributed by atoms with Gasteiger partial charge in [0.1, 0.15) is 0 Å². The first-order valence-electron chi connectivity index (χ1n) is 6.51. The summed E-state index contributed by atoms with van der Waals surface area (Å²) in [7, 11) is 2.93. The number of hydrogen-bond acceptors (Lipinski definition) is 2. The Morgan fingerprint density at radius 2 is 2.05 bits per heavy atom. The Labute approximate surface area is 131 Å². The first-order chi connectivity index (χ1) is 9.55. The molecule has 0 radical (unpaired) electrons. The maximum absolute atomic E-state index is 12.5. The molecule has 4 nitrogen and oxygen atoms in total. The second-order valence-electron chi connectivity index (χ2n) is 4.56. The summed E-state index contributed by atoms with van der Waals surface area (Å²) in [5, 5.41) is 0.612. The average Bonchev–Trinajstić information content (AvgIpc) is 2.41. The Balaban J connectivity index is 3.45. The summed E-state index contributed by atoms with van der Waals surface area (Å²) in [6.07, 6.45) is 0. The number of aryl methyl sites for hydroxylation is 1. The van der Waals surface area contributed by atoms with E-state index in [9.17, 15) is 4.79 Å². The number of rotatable bonds is 2. The number of hydrogen-bond donors (Lipinski definition) is 1. The number of aliphatic imine (C=N–C) groups is 1. The van der Waals surface area contributed by atoms with E-state index in [2.05, 4.69) is 4.99 Å². The summed E-state index contributed by atoms with van der Waals surface area (Å²) in [5.41, 5.74) is 7.60. The van der Waals surface area contributed by atoms with Crippen LogP contribution >= 0.6 is 23.2 Å². The van der Waals surface area contributed by atoms with Crippen LogP contribution in [-0.4, -0.2) is 30.9 Å². The summed E-state index contributed by atoms with van der Waals surface area (Å²) >= 11 is 12.5. The lowest BCUT2D eigenvalue weighted by Gasteiger charge is -2.23. The molecule has 1 amide bonds. The van der Waals surface area contributed by atoms with Crippen LogP contribution in [0, 0.1) is 13.8 Å². The van der Waals surface area contributed by atoms with E-state index in [0.29, 0.717) is 5.02 Å². The van der Waals surface area contributed by atoms with E-state index in [4.69, 9.17) is 30.3 Å². The van der Waals surface area contributed by atoms with Crippen LogP contribution in [0.2, 0.25) is 10.0 Å². The number of nitrogens with two attached hydrogens (primary N) is 1. The molecular formula is C14H19Cl2N3O. The normalized spacial score (nSPS) is 15.6. The smallest absolute Gasteiger partial charge is 0.236 e. The van der Waals surface area contributed by atoms with Crippen LogP contribution in [0.3, 0.4) is 0 Å². The largest absolute Gasteiger partial charge is 0.369 e. The highest BCUT2D eigenvalue weighted by Crippen LogP contribution is 2.36. The number of likely N-dealkylation sites (N-methyl/N-ethyl adjacent to an activating group) is 1. The van der Waals surface area contributed by atoms with Crippen LogP contribution in [0.5, 0.6) is 0 Å². The van der Waals surface area contributed by atoms with E-state index in [1.807, 2.05) is 13.8 Å². The molecule has 2 N–H and O–H groups in total. The van der Waals surface area contributed by atoms with Crippen molar-refractivity contribution in [1.82, 2.24) is 4.90 Å². The van der Waals surface area contributed by atoms with Gasteiger partial charge in [-0.3, -0.25) is 14.7 Å². The maximum Gasteiger partial charge on any atom is 0.236 e. The summed E-state index contributed by atoms with van der Waals surface area (Å²) in [5.74, 6) is -2.20. The molecular weight excluding hydrogens is 297 g/mol. The third-order valence-electron chi connectivity index (χ3n) is 3.30. The first-order valence-corrected chi connectivity index (χ1v) is 6.77. The molecule has 6 heteroatoms. The second-order valence-corrected chi connectivity index (χ2v) is 5.35. The summed E-state index contributed by atoms with van der Waals surface area (Å²) < 4.78 is 8.45. The number of amides is 1. The van der Waals surface area contributed by atoms with Crippen LogP contribution < -0.4 is 5.73 Å². The number of carbonyl (C=O) groups is 1. The summed E-state index contributed by atoms with van der Waals surface area (Å²) in [6, 6.07) is 1.70. The third kappa shape index (κ3) is 3.07. The van der Waals surface area contributed by atoms with Gasteiger partial charge in [-0.1, -0.05) is 23.2 Å². The zero-order valence-electron chi connectivity index (χ0n) is 13.2. The van der Waals surface area contributed by atoms with Gasteiger partial charge in [-0.25, -0.2) is 0 Å². The molecule has 0 spiro atoms. The number of carbonyl (C=O) groups excluding carboxylic acids is 1. The predicted octanol–water partition coefficient (Wildman–Crippen LogP) is 3.12. The lowest BCUT2D eigenvalue weighted by Crippen LogP contribution is -2.41. The fraction of sp³-hybridized carbons (Fsp3) is 0.429. The van der Waals surface area contributed by atoms with Gasteiger partial charge in [0, 0.05) is 31.1 Å². The van der Waals surface area contributed by atoms with Gasteiger partial charge >= 0.3 is 0 Å². The molecule has 1 aromatic rings. The molecule has 0 aliphatic rings. The van der Waals surface area contributed by atoms with Crippen molar-refractivity contribution in [3.05, 3.63) is 32.8 Å². The maximum atomic E-state index is 12.5. The quantitative estimate of drug-likeness (QED) is 0.673. The van der Waals surface area contributed by atoms with Crippen LogP contribution in [0.4, 0.5) is 0 Å². The summed E-state index contributed by atoms with van der Waals surface area (Å²) in [6.45, 7) is 5.13. The molecule has 110 valence electrons. The summed E-state index contributed by atoms with van der Waals surface area (Å²) in [4.78, 5) is 17.4. The molecule has 0 saturated carbocycles. The first kappa shape index (κ1) is 15.1. The van der Waals surface area contributed by atoms with Gasteiger partial charge in [0.15, 0.2) is 5.96 Å². The molecule has 20 heavy (non-hydrogen) atoms. The molecule has 1 atom stereocenters. The Morgan fingerprint density at radius 1 is 1.50 bits per heavy atom. The minimum atomic E-state index is -1.67. The van der Waals surface area contributed by atoms with Crippen molar-refractivity contribution in [2.75, 3.05) is 14.1 Å². The van der Waals surface area contributed by atoms with Crippen molar-refractivity contribution >= 4 is 35.1 Å². The van der Waals surface area contributed by atoms with Crippen molar-refractivity contribution < 1.29 is 6.17 Å². The fourth-order valence-electron chi connectivity index (χ4n) is 1.79. The van der Waals surface area contributed by atoms with E-state index in [-0.39, 0.29) is 16.5 Å². The second kappa shape index (κ2) is 6.46. The van der Waals surface area contributed by atoms with Crippen LogP contribution in [-0.2, 0) is 4.79 Å². The van der Waals surface area contributed by atoms with E-state index in [0.717, 1.165) is 16.0 Å². The van der Waals surface area contributed by atoms with Gasteiger partial charge in [0.05, 0.1) is 5.89 Å². The minimum Gasteiger partial charge on any atom is -0.369 e. The third-order valence-corrected chi connectivity index (χ3v) is 4.07. The fourth-order valence-corrected chi connectivity index (χ4v) is 2.63. The van der Waals surface area contributed by atoms with Crippen molar-refractivity contribution in [3.63, 3.8) is 0 Å². The Bertz CT molecular complexity index is 615. The van der Waals surface area contributed by atoms with Crippen molar-refractivity contribution in [2.45, 2.75) is 26.7 Å². The standard InChI is InChI=1S/C14H19Cl2N3O/c1-7-6-10(15)11(12(16)8(7)2)9(3)13(20)19(5)14(17)18-4/h6,9H,1-5H3,(H2,17,18)/i9D. The molecule has 1 unspecified atom stereocenters. The highest BCUT2D eigenvalue weighted by Gasteiger charge is 2.26. The minimum absolute atomic E-state index is 0.0227. The number of nitrogens with zero attached hydrogens (tertiary/aromatic N) is 2. The van der Waals surface area contributed by atoms with Gasteiger partial charge in [-0.2, -0.15) is 0 Å². The molecule has 1 aromatic carbocycles. The molecule has 0 aliphatic heterocycles. The van der Waals surface area contributed by atoms with Crippen molar-refractivity contribution in [2.24, 2.45) is 10.7 Å². The SMILES string of the molecule is [2H]C(C)(C(=O)N(C)C(N)=NC)c1c(Cl)cc(C)c(C)c1Cl. The molecule has 1 rings (SSSR count). The highest BCUT2D eigenvalue weighted by atomic mass is 35.5. The van der Waals surface area contributed by atoms with Crippen molar-refractivity contribution in [3.8, 4) is 0 Å². The monoisotopic (exact) mass is 316 g/mol. The van der Waals surface area contributed by atoms with Gasteiger partial charge in [0.2, 0.25) is 5.91 Å². The van der Waals surface area contributed by atoms with Crippen LogP contribution in [0.1, 0.15) is 30.9 Å². The zero-order valence-corrected chi connectivity index (χ0v) is 13.7. The highest BCUT2D eigenvalue weighted by molar-refractivity contribution is 6.37. The average molecular weight is 317 g/mol. The van der Waals surface area contributed by atoms with E-state index >= 15 is 0 Å². The van der Waals surface area contributed by atoms with Crippen LogP contribution in [0.15, 0.2) is 11.1 Å². The van der Waals surface area contributed by atoms with Gasteiger partial charge in [0.25, 0.3) is 0 Å². The Hall–Kier alpha value is -1.26. The predicted molar refractivity (Wildman–Crippen MR) is 84.7 cm³/mol. The lowest BCUT2D eigenvalue weighted by atomic mass is 9.95. The number of guanidine groups is 1. The van der Waals surface area contributed by atoms with E-state index in [1.165, 1.54) is 21.0 Å². The van der Waals surface area contributed by atoms with Gasteiger partial charge in [-0.15, -0.1) is 0 Å². The molecule has 0 bridgehead atoms. The Morgan fingerprint density at radius 3 is 2.55 bits per heavy atom. The van der Waals surface area contributed by atoms with E-state index in [1.54, 1.807) is 6.07 Å². The Kier molecular flexibility index (Phi) is 4.89.